The molecule has 3 nitrogen and oxygen atoms in total. The highest BCUT2D eigenvalue weighted by molar-refractivity contribution is 6.31. The van der Waals surface area contributed by atoms with Gasteiger partial charge < -0.3 is 5.32 Å². The first-order valence-corrected chi connectivity index (χ1v) is 7.43. The Balaban J connectivity index is 1.76. The summed E-state index contributed by atoms with van der Waals surface area (Å²) in [5, 5.41) is 5.78. The van der Waals surface area contributed by atoms with Crippen molar-refractivity contribution < 1.29 is 9.36 Å². The topological polar surface area (TPSA) is 33.0 Å². The van der Waals surface area contributed by atoms with Gasteiger partial charge in [0.15, 0.2) is 12.4 Å². The van der Waals surface area contributed by atoms with Crippen LogP contribution in [0.1, 0.15) is 5.56 Å². The van der Waals surface area contributed by atoms with Crippen molar-refractivity contribution >= 4 is 34.0 Å². The summed E-state index contributed by atoms with van der Waals surface area (Å²) in [6.07, 6.45) is 3.88. The quantitative estimate of drug-likeness (QED) is 0.735. The van der Waals surface area contributed by atoms with E-state index in [1.54, 1.807) is 6.07 Å². The van der Waals surface area contributed by atoms with Gasteiger partial charge in [-0.1, -0.05) is 35.9 Å². The van der Waals surface area contributed by atoms with E-state index in [0.29, 0.717) is 5.02 Å². The Morgan fingerprint density at radius 2 is 1.91 bits per heavy atom. The number of rotatable bonds is 3. The van der Waals surface area contributed by atoms with E-state index in [1.807, 2.05) is 60.3 Å². The van der Waals surface area contributed by atoms with Gasteiger partial charge in [0, 0.05) is 22.2 Å². The van der Waals surface area contributed by atoms with E-state index in [9.17, 15) is 4.79 Å². The standard InChI is InChI=1S/C18H15ClN2O/c1-13-6-7-16(19)10-17(13)20-18(22)12-21-9-8-14-4-2-3-5-15(14)11-21/h2-11H,12H2,1H3/p+1. The lowest BCUT2D eigenvalue weighted by molar-refractivity contribution is -0.682. The molecule has 0 unspecified atom stereocenters. The van der Waals surface area contributed by atoms with Crippen LogP contribution in [-0.4, -0.2) is 5.91 Å². The third-order valence-corrected chi connectivity index (χ3v) is 3.78. The molecule has 0 aliphatic rings. The maximum atomic E-state index is 12.2. The summed E-state index contributed by atoms with van der Waals surface area (Å²) in [6, 6.07) is 15.5. The lowest BCUT2D eigenvalue weighted by atomic mass is 10.2. The predicted octanol–water partition coefficient (Wildman–Crippen LogP) is 3.73. The van der Waals surface area contributed by atoms with Crippen molar-refractivity contribution in [3.8, 4) is 0 Å². The second-order valence-electron chi connectivity index (χ2n) is 5.25. The summed E-state index contributed by atoms with van der Waals surface area (Å²) >= 11 is 5.97. The minimum Gasteiger partial charge on any atom is -0.320 e. The first-order chi connectivity index (χ1) is 10.6. The first kappa shape index (κ1) is 14.5. The zero-order chi connectivity index (χ0) is 15.5. The molecule has 3 aromatic rings. The number of aromatic nitrogens is 1. The van der Waals surface area contributed by atoms with Crippen LogP contribution in [0.25, 0.3) is 10.8 Å². The number of benzene rings is 2. The van der Waals surface area contributed by atoms with Crippen LogP contribution in [0.5, 0.6) is 0 Å². The van der Waals surface area contributed by atoms with Crippen LogP contribution in [-0.2, 0) is 11.3 Å². The van der Waals surface area contributed by atoms with Crippen LogP contribution in [0.4, 0.5) is 5.69 Å². The van der Waals surface area contributed by atoms with Gasteiger partial charge in [-0.15, -0.1) is 0 Å². The Morgan fingerprint density at radius 1 is 1.14 bits per heavy atom. The number of hydrogen-bond acceptors (Lipinski definition) is 1. The Kier molecular flexibility index (Phi) is 4.07. The van der Waals surface area contributed by atoms with Gasteiger partial charge in [0.1, 0.15) is 0 Å². The monoisotopic (exact) mass is 311 g/mol. The minimum atomic E-state index is -0.0781. The van der Waals surface area contributed by atoms with Crippen molar-refractivity contribution in [3.05, 3.63) is 71.5 Å². The molecule has 110 valence electrons. The van der Waals surface area contributed by atoms with E-state index in [4.69, 9.17) is 11.6 Å². The number of anilines is 1. The molecule has 0 bridgehead atoms. The molecule has 4 heteroatoms. The molecule has 1 aromatic heterocycles. The van der Waals surface area contributed by atoms with Crippen molar-refractivity contribution in [2.24, 2.45) is 0 Å². The summed E-state index contributed by atoms with van der Waals surface area (Å²) in [6.45, 7) is 2.20. The number of halogens is 1. The zero-order valence-corrected chi connectivity index (χ0v) is 13.0. The number of nitrogens with one attached hydrogen (secondary N) is 1. The van der Waals surface area contributed by atoms with Gasteiger partial charge in [-0.2, -0.15) is 4.57 Å². The van der Waals surface area contributed by atoms with Crippen LogP contribution in [0, 0.1) is 6.92 Å². The van der Waals surface area contributed by atoms with E-state index in [1.165, 1.54) is 0 Å². The SMILES string of the molecule is Cc1ccc(Cl)cc1NC(=O)C[n+]1ccc2ccccc2c1. The number of nitrogens with zero attached hydrogens (tertiary/aromatic N) is 1. The fourth-order valence-corrected chi connectivity index (χ4v) is 2.53. The molecule has 0 saturated heterocycles. The third-order valence-electron chi connectivity index (χ3n) is 3.55. The van der Waals surface area contributed by atoms with E-state index in [-0.39, 0.29) is 12.5 Å². The van der Waals surface area contributed by atoms with E-state index in [0.717, 1.165) is 22.0 Å². The Labute approximate surface area is 134 Å². The predicted molar refractivity (Wildman–Crippen MR) is 89.0 cm³/mol. The molecule has 0 radical (unpaired) electrons. The van der Waals surface area contributed by atoms with Crippen molar-refractivity contribution in [2.75, 3.05) is 5.32 Å². The molecule has 0 spiro atoms. The highest BCUT2D eigenvalue weighted by atomic mass is 35.5. The maximum Gasteiger partial charge on any atom is 0.290 e. The second-order valence-corrected chi connectivity index (χ2v) is 5.69. The number of pyridine rings is 1. The molecule has 1 heterocycles. The fourth-order valence-electron chi connectivity index (χ4n) is 2.36. The van der Waals surface area contributed by atoms with Crippen molar-refractivity contribution in [1.29, 1.82) is 0 Å². The number of fused-ring (bicyclic) bond motifs is 1. The van der Waals surface area contributed by atoms with Crippen LogP contribution in [0.2, 0.25) is 5.02 Å². The van der Waals surface area contributed by atoms with Gasteiger partial charge in [-0.3, -0.25) is 4.79 Å². The Hall–Kier alpha value is -2.39. The van der Waals surface area contributed by atoms with Crippen LogP contribution < -0.4 is 9.88 Å². The van der Waals surface area contributed by atoms with Gasteiger partial charge in [0.05, 0.1) is 0 Å². The van der Waals surface area contributed by atoms with Crippen LogP contribution >= 0.6 is 11.6 Å². The number of hydrogen-bond donors (Lipinski definition) is 1. The van der Waals surface area contributed by atoms with Crippen molar-refractivity contribution in [3.63, 3.8) is 0 Å². The number of carbonyl (C=O) groups excluding carboxylic acids is 1. The smallest absolute Gasteiger partial charge is 0.290 e. The highest BCUT2D eigenvalue weighted by Crippen LogP contribution is 2.20. The summed E-state index contributed by atoms with van der Waals surface area (Å²) in [4.78, 5) is 12.2. The summed E-state index contributed by atoms with van der Waals surface area (Å²) < 4.78 is 1.87. The summed E-state index contributed by atoms with van der Waals surface area (Å²) in [7, 11) is 0. The summed E-state index contributed by atoms with van der Waals surface area (Å²) in [5.41, 5.74) is 1.74. The molecule has 0 atom stereocenters. The number of carbonyl (C=O) groups is 1. The molecule has 0 fully saturated rings. The minimum absolute atomic E-state index is 0.0781. The van der Waals surface area contributed by atoms with Gasteiger partial charge >= 0.3 is 0 Å². The molecular weight excluding hydrogens is 296 g/mol. The van der Waals surface area contributed by atoms with Crippen molar-refractivity contribution in [2.45, 2.75) is 13.5 Å². The molecule has 0 aliphatic heterocycles. The molecule has 0 aliphatic carbocycles. The lowest BCUT2D eigenvalue weighted by Gasteiger charge is -2.07. The maximum absolute atomic E-state index is 12.2. The fraction of sp³-hybridized carbons (Fsp3) is 0.111. The average molecular weight is 312 g/mol. The van der Waals surface area contributed by atoms with Crippen LogP contribution in [0.3, 0.4) is 0 Å². The molecular formula is C18H16ClN2O+. The highest BCUT2D eigenvalue weighted by Gasteiger charge is 2.11. The van der Waals surface area contributed by atoms with Gasteiger partial charge in [-0.25, -0.2) is 0 Å². The Morgan fingerprint density at radius 3 is 2.73 bits per heavy atom. The third kappa shape index (κ3) is 3.26. The van der Waals surface area contributed by atoms with E-state index < -0.39 is 0 Å². The van der Waals surface area contributed by atoms with Gasteiger partial charge in [-0.05, 0) is 36.1 Å². The first-order valence-electron chi connectivity index (χ1n) is 7.06. The number of amides is 1. The van der Waals surface area contributed by atoms with E-state index in [2.05, 4.69) is 11.4 Å². The zero-order valence-electron chi connectivity index (χ0n) is 12.2. The van der Waals surface area contributed by atoms with E-state index >= 15 is 0 Å². The molecule has 3 rings (SSSR count). The van der Waals surface area contributed by atoms with Crippen molar-refractivity contribution in [1.82, 2.24) is 0 Å². The molecule has 1 amide bonds. The summed E-state index contributed by atoms with van der Waals surface area (Å²) in [5.74, 6) is -0.0781. The Bertz CT molecular complexity index is 845. The molecule has 0 saturated carbocycles. The second kappa shape index (κ2) is 6.16. The van der Waals surface area contributed by atoms with Crippen LogP contribution in [0.15, 0.2) is 60.9 Å². The largest absolute Gasteiger partial charge is 0.320 e. The normalized spacial score (nSPS) is 10.6. The molecule has 1 N–H and O–H groups in total. The van der Waals surface area contributed by atoms with Gasteiger partial charge in [0.25, 0.3) is 5.91 Å². The lowest BCUT2D eigenvalue weighted by Crippen LogP contribution is -2.39. The molecule has 22 heavy (non-hydrogen) atoms. The number of aryl methyl sites for hydroxylation is 1. The van der Waals surface area contributed by atoms with Gasteiger partial charge in [0.2, 0.25) is 6.54 Å². The molecule has 2 aromatic carbocycles. The average Bonchev–Trinajstić information content (AvgIpc) is 2.51.